The number of nitrogens with zero attached hydrogens (tertiary/aromatic N) is 2. The Bertz CT molecular complexity index is 511. The molecule has 100 valence electrons. The maximum absolute atomic E-state index is 11.5. The highest BCUT2D eigenvalue weighted by Crippen LogP contribution is 2.21. The molecule has 2 rings (SSSR count). The first-order valence-electron chi connectivity index (χ1n) is 6.00. The number of rotatable bonds is 2. The van der Waals surface area contributed by atoms with Crippen LogP contribution in [0.15, 0.2) is 18.3 Å². The number of anilines is 1. The van der Waals surface area contributed by atoms with Gasteiger partial charge in [-0.2, -0.15) is 0 Å². The van der Waals surface area contributed by atoms with E-state index in [4.69, 9.17) is 0 Å². The van der Waals surface area contributed by atoms with Gasteiger partial charge in [0, 0.05) is 18.8 Å². The SMILES string of the molecule is CC(O)c1ccc(N2CCS(=O)(=O)CC2C)nc1. The molecule has 6 heteroatoms. The Labute approximate surface area is 107 Å². The van der Waals surface area contributed by atoms with E-state index in [2.05, 4.69) is 4.98 Å². The van der Waals surface area contributed by atoms with Crippen molar-refractivity contribution in [2.24, 2.45) is 0 Å². The molecule has 0 bridgehead atoms. The van der Waals surface area contributed by atoms with E-state index in [1.165, 1.54) is 0 Å². The van der Waals surface area contributed by atoms with Gasteiger partial charge in [0.05, 0.1) is 17.6 Å². The number of aliphatic hydroxyl groups is 1. The van der Waals surface area contributed by atoms with Crippen LogP contribution in [0.4, 0.5) is 5.82 Å². The average molecular weight is 270 g/mol. The summed E-state index contributed by atoms with van der Waals surface area (Å²) in [5.74, 6) is 1.12. The van der Waals surface area contributed by atoms with Gasteiger partial charge in [-0.15, -0.1) is 0 Å². The summed E-state index contributed by atoms with van der Waals surface area (Å²) < 4.78 is 23.0. The molecule has 1 saturated heterocycles. The summed E-state index contributed by atoms with van der Waals surface area (Å²) in [4.78, 5) is 6.29. The highest BCUT2D eigenvalue weighted by molar-refractivity contribution is 7.91. The Morgan fingerprint density at radius 1 is 1.50 bits per heavy atom. The third kappa shape index (κ3) is 2.81. The Hall–Kier alpha value is -1.14. The van der Waals surface area contributed by atoms with Gasteiger partial charge >= 0.3 is 0 Å². The van der Waals surface area contributed by atoms with E-state index in [-0.39, 0.29) is 17.5 Å². The number of aromatic nitrogens is 1. The maximum Gasteiger partial charge on any atom is 0.154 e. The van der Waals surface area contributed by atoms with Crippen molar-refractivity contribution in [3.63, 3.8) is 0 Å². The Kier molecular flexibility index (Phi) is 3.59. The zero-order valence-electron chi connectivity index (χ0n) is 10.6. The molecule has 1 aliphatic heterocycles. The first-order valence-corrected chi connectivity index (χ1v) is 7.82. The van der Waals surface area contributed by atoms with Crippen LogP contribution in [-0.4, -0.2) is 42.6 Å². The molecule has 2 unspecified atom stereocenters. The van der Waals surface area contributed by atoms with Gasteiger partial charge in [0.15, 0.2) is 9.84 Å². The van der Waals surface area contributed by atoms with E-state index in [9.17, 15) is 13.5 Å². The molecule has 2 atom stereocenters. The van der Waals surface area contributed by atoms with Gasteiger partial charge < -0.3 is 10.0 Å². The van der Waals surface area contributed by atoms with Crippen molar-refractivity contribution < 1.29 is 13.5 Å². The second-order valence-corrected chi connectivity index (χ2v) is 7.01. The highest BCUT2D eigenvalue weighted by Gasteiger charge is 2.28. The molecule has 1 aliphatic rings. The van der Waals surface area contributed by atoms with Crippen molar-refractivity contribution in [3.8, 4) is 0 Å². The van der Waals surface area contributed by atoms with Crippen LogP contribution in [0.5, 0.6) is 0 Å². The van der Waals surface area contributed by atoms with Crippen molar-refractivity contribution in [1.82, 2.24) is 4.98 Å². The number of hydrogen-bond acceptors (Lipinski definition) is 5. The second kappa shape index (κ2) is 4.85. The highest BCUT2D eigenvalue weighted by atomic mass is 32.2. The van der Waals surface area contributed by atoms with Crippen LogP contribution < -0.4 is 4.90 Å². The van der Waals surface area contributed by atoms with Gasteiger partial charge in [0.25, 0.3) is 0 Å². The number of aliphatic hydroxyl groups excluding tert-OH is 1. The quantitative estimate of drug-likeness (QED) is 0.859. The third-order valence-corrected chi connectivity index (χ3v) is 5.01. The number of sulfone groups is 1. The molecule has 1 aromatic heterocycles. The molecular weight excluding hydrogens is 252 g/mol. The molecule has 18 heavy (non-hydrogen) atoms. The molecule has 0 aliphatic carbocycles. The molecule has 1 N–H and O–H groups in total. The van der Waals surface area contributed by atoms with Crippen molar-refractivity contribution >= 4 is 15.7 Å². The van der Waals surface area contributed by atoms with Crippen LogP contribution >= 0.6 is 0 Å². The van der Waals surface area contributed by atoms with Crippen molar-refractivity contribution in [3.05, 3.63) is 23.9 Å². The smallest absolute Gasteiger partial charge is 0.154 e. The third-order valence-electron chi connectivity index (χ3n) is 3.22. The zero-order valence-corrected chi connectivity index (χ0v) is 11.4. The Morgan fingerprint density at radius 3 is 2.72 bits per heavy atom. The average Bonchev–Trinajstić information content (AvgIpc) is 2.28. The molecule has 0 radical (unpaired) electrons. The van der Waals surface area contributed by atoms with Crippen LogP contribution in [0, 0.1) is 0 Å². The molecule has 0 amide bonds. The largest absolute Gasteiger partial charge is 0.389 e. The molecule has 1 fully saturated rings. The van der Waals surface area contributed by atoms with Gasteiger partial charge in [0.2, 0.25) is 0 Å². The molecule has 2 heterocycles. The lowest BCUT2D eigenvalue weighted by molar-refractivity contribution is 0.199. The van der Waals surface area contributed by atoms with E-state index in [0.29, 0.717) is 6.54 Å². The minimum atomic E-state index is -2.90. The van der Waals surface area contributed by atoms with E-state index in [0.717, 1.165) is 11.4 Å². The summed E-state index contributed by atoms with van der Waals surface area (Å²) in [5, 5.41) is 9.41. The summed E-state index contributed by atoms with van der Waals surface area (Å²) in [7, 11) is -2.90. The molecule has 0 spiro atoms. The number of pyridine rings is 1. The topological polar surface area (TPSA) is 70.5 Å². The monoisotopic (exact) mass is 270 g/mol. The van der Waals surface area contributed by atoms with E-state index < -0.39 is 15.9 Å². The first kappa shape index (κ1) is 13.3. The summed E-state index contributed by atoms with van der Waals surface area (Å²) in [6.45, 7) is 4.05. The summed E-state index contributed by atoms with van der Waals surface area (Å²) >= 11 is 0. The summed E-state index contributed by atoms with van der Waals surface area (Å²) in [5.41, 5.74) is 0.760. The summed E-state index contributed by atoms with van der Waals surface area (Å²) in [6.07, 6.45) is 1.10. The number of hydrogen-bond donors (Lipinski definition) is 1. The molecule has 5 nitrogen and oxygen atoms in total. The first-order chi connectivity index (χ1) is 8.39. The Balaban J connectivity index is 2.17. The van der Waals surface area contributed by atoms with E-state index in [1.807, 2.05) is 24.0 Å². The minimum absolute atomic E-state index is 0.0614. The van der Waals surface area contributed by atoms with Crippen molar-refractivity contribution in [1.29, 1.82) is 0 Å². The lowest BCUT2D eigenvalue weighted by Gasteiger charge is -2.34. The minimum Gasteiger partial charge on any atom is -0.389 e. The van der Waals surface area contributed by atoms with E-state index in [1.54, 1.807) is 13.1 Å². The standard InChI is InChI=1S/C12H18N2O3S/c1-9-8-18(16,17)6-5-14(9)12-4-3-11(7-13-12)10(2)15/h3-4,7,9-10,15H,5-6,8H2,1-2H3. The molecule has 0 aromatic carbocycles. The normalized spacial score (nSPS) is 24.8. The fraction of sp³-hybridized carbons (Fsp3) is 0.583. The fourth-order valence-electron chi connectivity index (χ4n) is 2.15. The molecular formula is C12H18N2O3S. The van der Waals surface area contributed by atoms with Crippen molar-refractivity contribution in [2.75, 3.05) is 23.0 Å². The maximum atomic E-state index is 11.5. The predicted octanol–water partition coefficient (Wildman–Crippen LogP) is 0.758. The molecule has 0 saturated carbocycles. The lowest BCUT2D eigenvalue weighted by Crippen LogP contribution is -2.47. The van der Waals surface area contributed by atoms with Gasteiger partial charge in [-0.05, 0) is 25.5 Å². The van der Waals surface area contributed by atoms with Crippen LogP contribution in [0.25, 0.3) is 0 Å². The fourth-order valence-corrected chi connectivity index (χ4v) is 3.71. The predicted molar refractivity (Wildman–Crippen MR) is 70.3 cm³/mol. The van der Waals surface area contributed by atoms with Gasteiger partial charge in [0.1, 0.15) is 5.82 Å². The van der Waals surface area contributed by atoms with Gasteiger partial charge in [-0.3, -0.25) is 0 Å². The summed E-state index contributed by atoms with van der Waals surface area (Å²) in [6, 6.07) is 3.59. The molecule has 1 aromatic rings. The lowest BCUT2D eigenvalue weighted by atomic mass is 10.2. The second-order valence-electron chi connectivity index (χ2n) is 4.78. The van der Waals surface area contributed by atoms with Crippen LogP contribution in [0.1, 0.15) is 25.5 Å². The van der Waals surface area contributed by atoms with Crippen LogP contribution in [0.2, 0.25) is 0 Å². The van der Waals surface area contributed by atoms with Crippen LogP contribution in [0.3, 0.4) is 0 Å². The van der Waals surface area contributed by atoms with E-state index >= 15 is 0 Å². The zero-order chi connectivity index (χ0) is 13.3. The van der Waals surface area contributed by atoms with Crippen molar-refractivity contribution in [2.45, 2.75) is 26.0 Å². The van der Waals surface area contributed by atoms with Crippen LogP contribution in [-0.2, 0) is 9.84 Å². The Morgan fingerprint density at radius 2 is 2.22 bits per heavy atom. The van der Waals surface area contributed by atoms with Gasteiger partial charge in [-0.1, -0.05) is 6.07 Å². The van der Waals surface area contributed by atoms with Gasteiger partial charge in [-0.25, -0.2) is 13.4 Å².